The van der Waals surface area contributed by atoms with Gasteiger partial charge in [0.1, 0.15) is 12.1 Å². The lowest BCUT2D eigenvalue weighted by molar-refractivity contribution is -0.129. The molecule has 0 N–H and O–H groups in total. The molecular weight excluding hydrogens is 256 g/mol. The third-order valence-corrected chi connectivity index (χ3v) is 4.61. The van der Waals surface area contributed by atoms with Crippen LogP contribution in [0.25, 0.3) is 0 Å². The second kappa shape index (κ2) is 4.92. The van der Waals surface area contributed by atoms with Crippen LogP contribution in [0.2, 0.25) is 0 Å². The Morgan fingerprint density at radius 1 is 1.35 bits per heavy atom. The predicted molar refractivity (Wildman–Crippen MR) is 74.8 cm³/mol. The van der Waals surface area contributed by atoms with Crippen LogP contribution >= 0.6 is 0 Å². The number of ether oxygens (including phenoxy) is 1. The molecule has 0 unspecified atom stereocenters. The highest BCUT2D eigenvalue weighted by atomic mass is 16.5. The number of nitrogens with zero attached hydrogens (tertiary/aromatic N) is 4. The van der Waals surface area contributed by atoms with Crippen molar-refractivity contribution in [2.24, 2.45) is 0 Å². The summed E-state index contributed by atoms with van der Waals surface area (Å²) in [6.45, 7) is 1.80. The third-order valence-electron chi connectivity index (χ3n) is 4.61. The lowest BCUT2D eigenvalue weighted by Crippen LogP contribution is -2.55. The maximum Gasteiger partial charge on any atom is 0.222 e. The summed E-state index contributed by atoms with van der Waals surface area (Å²) in [7, 11) is 3.53. The largest absolute Gasteiger partial charge is 0.481 e. The van der Waals surface area contributed by atoms with Crippen molar-refractivity contribution in [2.75, 3.05) is 32.1 Å². The van der Waals surface area contributed by atoms with E-state index in [0.717, 1.165) is 38.2 Å². The van der Waals surface area contributed by atoms with Gasteiger partial charge in [0.05, 0.1) is 12.6 Å². The van der Waals surface area contributed by atoms with Gasteiger partial charge in [-0.2, -0.15) is 0 Å². The highest BCUT2D eigenvalue weighted by molar-refractivity contribution is 5.79. The number of methoxy groups -OCH3 is 1. The number of piperidine rings is 1. The molecule has 0 aliphatic carbocycles. The van der Waals surface area contributed by atoms with Crippen LogP contribution in [0.1, 0.15) is 25.7 Å². The summed E-state index contributed by atoms with van der Waals surface area (Å²) < 4.78 is 5.16. The van der Waals surface area contributed by atoms with E-state index in [-0.39, 0.29) is 11.4 Å². The quantitative estimate of drug-likeness (QED) is 0.809. The minimum Gasteiger partial charge on any atom is -0.481 e. The maximum absolute atomic E-state index is 11.9. The molecule has 108 valence electrons. The van der Waals surface area contributed by atoms with Crippen molar-refractivity contribution in [3.05, 3.63) is 12.4 Å². The van der Waals surface area contributed by atoms with E-state index in [9.17, 15) is 4.79 Å². The van der Waals surface area contributed by atoms with Crippen molar-refractivity contribution in [2.45, 2.75) is 31.2 Å². The van der Waals surface area contributed by atoms with Gasteiger partial charge in [-0.3, -0.25) is 4.79 Å². The van der Waals surface area contributed by atoms with Crippen molar-refractivity contribution in [1.29, 1.82) is 0 Å². The van der Waals surface area contributed by atoms with Crippen LogP contribution in [0.5, 0.6) is 5.88 Å². The fourth-order valence-electron chi connectivity index (χ4n) is 3.34. The molecule has 1 spiro atoms. The molecule has 0 saturated carbocycles. The molecule has 2 aliphatic rings. The van der Waals surface area contributed by atoms with Gasteiger partial charge >= 0.3 is 0 Å². The van der Waals surface area contributed by atoms with Crippen molar-refractivity contribution < 1.29 is 9.53 Å². The Morgan fingerprint density at radius 3 is 2.90 bits per heavy atom. The molecule has 6 heteroatoms. The molecule has 1 aromatic rings. The van der Waals surface area contributed by atoms with E-state index < -0.39 is 0 Å². The molecule has 1 aromatic heterocycles. The van der Waals surface area contributed by atoms with Gasteiger partial charge < -0.3 is 14.5 Å². The van der Waals surface area contributed by atoms with Crippen molar-refractivity contribution >= 4 is 11.7 Å². The number of carbonyl (C=O) groups is 1. The minimum atomic E-state index is -0.0203. The van der Waals surface area contributed by atoms with Crippen molar-refractivity contribution in [3.63, 3.8) is 0 Å². The van der Waals surface area contributed by atoms with Crippen molar-refractivity contribution in [1.82, 2.24) is 14.9 Å². The summed E-state index contributed by atoms with van der Waals surface area (Å²) in [6, 6.07) is 1.86. The highest BCUT2D eigenvalue weighted by Crippen LogP contribution is 2.37. The fraction of sp³-hybridized carbons (Fsp3) is 0.643. The summed E-state index contributed by atoms with van der Waals surface area (Å²) in [5.41, 5.74) is -0.0203. The Balaban J connectivity index is 1.83. The molecule has 1 atom stereocenters. The van der Waals surface area contributed by atoms with E-state index in [4.69, 9.17) is 4.74 Å². The zero-order chi connectivity index (χ0) is 14.2. The molecular formula is C14H20N4O2. The first-order valence-corrected chi connectivity index (χ1v) is 7.02. The third kappa shape index (κ3) is 2.09. The lowest BCUT2D eigenvalue weighted by atomic mass is 9.86. The SMILES string of the molecule is COc1cc(N2CCC[C@@]3(CCC(=O)N3C)C2)ncn1. The summed E-state index contributed by atoms with van der Waals surface area (Å²) in [5, 5.41) is 0. The molecule has 1 amide bonds. The molecule has 3 rings (SSSR count). The number of carbonyl (C=O) groups excluding carboxylic acids is 1. The van der Waals surface area contributed by atoms with Crippen LogP contribution in [0, 0.1) is 0 Å². The van der Waals surface area contributed by atoms with Crippen LogP contribution in [-0.2, 0) is 4.79 Å². The zero-order valence-corrected chi connectivity index (χ0v) is 12.0. The van der Waals surface area contributed by atoms with Gasteiger partial charge in [-0.25, -0.2) is 9.97 Å². The molecule has 20 heavy (non-hydrogen) atoms. The Labute approximate surface area is 118 Å². The molecule has 3 heterocycles. The fourth-order valence-corrected chi connectivity index (χ4v) is 3.34. The normalized spacial score (nSPS) is 26.4. The number of likely N-dealkylation sites (N-methyl/N-ethyl adjacent to an activating group) is 1. The average molecular weight is 276 g/mol. The average Bonchev–Trinajstić information content (AvgIpc) is 2.76. The van der Waals surface area contributed by atoms with Crippen LogP contribution in [0.3, 0.4) is 0 Å². The number of amides is 1. The van der Waals surface area contributed by atoms with E-state index in [1.807, 2.05) is 18.0 Å². The molecule has 0 aromatic carbocycles. The van der Waals surface area contributed by atoms with Gasteiger partial charge in [-0.05, 0) is 19.3 Å². The first-order chi connectivity index (χ1) is 9.64. The number of aromatic nitrogens is 2. The van der Waals surface area contributed by atoms with Crippen LogP contribution in [0.15, 0.2) is 12.4 Å². The number of rotatable bonds is 2. The van der Waals surface area contributed by atoms with Gasteiger partial charge in [0.15, 0.2) is 0 Å². The highest BCUT2D eigenvalue weighted by Gasteiger charge is 2.45. The monoisotopic (exact) mass is 276 g/mol. The molecule has 2 fully saturated rings. The summed E-state index contributed by atoms with van der Waals surface area (Å²) >= 11 is 0. The van der Waals surface area contributed by atoms with E-state index in [2.05, 4.69) is 14.9 Å². The lowest BCUT2D eigenvalue weighted by Gasteiger charge is -2.44. The Bertz CT molecular complexity index is 522. The molecule has 0 radical (unpaired) electrons. The van der Waals surface area contributed by atoms with Crippen molar-refractivity contribution in [3.8, 4) is 5.88 Å². The van der Waals surface area contributed by atoms with E-state index in [1.165, 1.54) is 6.33 Å². The maximum atomic E-state index is 11.9. The van der Waals surface area contributed by atoms with E-state index in [0.29, 0.717) is 12.3 Å². The predicted octanol–water partition coefficient (Wildman–Crippen LogP) is 1.08. The molecule has 6 nitrogen and oxygen atoms in total. The summed E-state index contributed by atoms with van der Waals surface area (Å²) in [4.78, 5) is 24.4. The van der Waals surface area contributed by atoms with Gasteiger partial charge in [-0.15, -0.1) is 0 Å². The van der Waals surface area contributed by atoms with Gasteiger partial charge in [0.25, 0.3) is 0 Å². The number of hydrogen-bond acceptors (Lipinski definition) is 5. The van der Waals surface area contributed by atoms with Crippen LogP contribution < -0.4 is 9.64 Å². The Hall–Kier alpha value is -1.85. The second-order valence-corrected chi connectivity index (χ2v) is 5.62. The van der Waals surface area contributed by atoms with Gasteiger partial charge in [-0.1, -0.05) is 0 Å². The topological polar surface area (TPSA) is 58.6 Å². The molecule has 2 aliphatic heterocycles. The molecule has 2 saturated heterocycles. The first-order valence-electron chi connectivity index (χ1n) is 7.02. The van der Waals surface area contributed by atoms with Crippen LogP contribution in [-0.4, -0.2) is 53.6 Å². The minimum absolute atomic E-state index is 0.0203. The number of anilines is 1. The molecule has 0 bridgehead atoms. The Morgan fingerprint density at radius 2 is 2.20 bits per heavy atom. The smallest absolute Gasteiger partial charge is 0.222 e. The first kappa shape index (κ1) is 13.1. The number of likely N-dealkylation sites (tertiary alicyclic amines) is 1. The second-order valence-electron chi connectivity index (χ2n) is 5.62. The van der Waals surface area contributed by atoms with Gasteiger partial charge in [0, 0.05) is 32.6 Å². The Kier molecular flexibility index (Phi) is 3.23. The summed E-state index contributed by atoms with van der Waals surface area (Å²) in [6.07, 6.45) is 5.29. The van der Waals surface area contributed by atoms with Crippen LogP contribution in [0.4, 0.5) is 5.82 Å². The van der Waals surface area contributed by atoms with E-state index in [1.54, 1.807) is 7.11 Å². The van der Waals surface area contributed by atoms with Gasteiger partial charge in [0.2, 0.25) is 11.8 Å². The standard InChI is InChI=1S/C14H20N4O2/c1-17-13(19)4-6-14(17)5-3-7-18(9-14)11-8-12(20-2)16-10-15-11/h8,10H,3-7,9H2,1-2H3/t14-/m1/s1. The number of hydrogen-bond donors (Lipinski definition) is 0. The zero-order valence-electron chi connectivity index (χ0n) is 12.0. The summed E-state index contributed by atoms with van der Waals surface area (Å²) in [5.74, 6) is 1.71. The van der Waals surface area contributed by atoms with E-state index >= 15 is 0 Å².